The Morgan fingerprint density at radius 3 is 3.06 bits per heavy atom. The van der Waals surface area contributed by atoms with E-state index >= 15 is 0 Å². The van der Waals surface area contributed by atoms with Gasteiger partial charge in [-0.25, -0.2) is 4.79 Å². The van der Waals surface area contributed by atoms with Gasteiger partial charge in [0.05, 0.1) is 18.0 Å². The Bertz CT molecular complexity index is 611. The van der Waals surface area contributed by atoms with Crippen molar-refractivity contribution in [1.29, 1.82) is 0 Å². The molecule has 1 aromatic carbocycles. The molecule has 2 aromatic rings. The van der Waals surface area contributed by atoms with Crippen molar-refractivity contribution in [2.45, 2.75) is 24.6 Å². The lowest BCUT2D eigenvalue weighted by atomic mass is 10.2. The highest BCUT2D eigenvalue weighted by Crippen LogP contribution is 2.35. The summed E-state index contributed by atoms with van der Waals surface area (Å²) < 4.78 is 7.17. The molecule has 1 saturated heterocycles. The number of nitrogens with one attached hydrogen (secondary N) is 1. The van der Waals surface area contributed by atoms with Crippen LogP contribution in [-0.2, 0) is 0 Å². The molecule has 0 radical (unpaired) electrons. The van der Waals surface area contributed by atoms with Gasteiger partial charge in [0.25, 0.3) is 0 Å². The topological polar surface area (TPSA) is 47.0 Å². The summed E-state index contributed by atoms with van der Waals surface area (Å²) in [6.07, 6.45) is 3.51. The van der Waals surface area contributed by atoms with Crippen molar-refractivity contribution >= 4 is 22.8 Å². The molecule has 0 spiro atoms. The van der Waals surface area contributed by atoms with E-state index < -0.39 is 0 Å². The summed E-state index contributed by atoms with van der Waals surface area (Å²) in [6, 6.07) is 5.78. The van der Waals surface area contributed by atoms with Crippen molar-refractivity contribution in [3.63, 3.8) is 0 Å². The van der Waals surface area contributed by atoms with Gasteiger partial charge in [-0.2, -0.15) is 0 Å². The molecule has 0 saturated carbocycles. The monoisotopic (exact) mass is 264 g/mol. The summed E-state index contributed by atoms with van der Waals surface area (Å²) >= 11 is 1.87. The smallest absolute Gasteiger partial charge is 0.327 e. The quantitative estimate of drug-likeness (QED) is 0.907. The molecule has 0 aliphatic carbocycles. The zero-order chi connectivity index (χ0) is 12.5. The molecule has 1 N–H and O–H groups in total. The number of benzene rings is 1. The summed E-state index contributed by atoms with van der Waals surface area (Å²) in [5, 5.41) is 0.257. The largest absolute Gasteiger partial charge is 0.494 e. The van der Waals surface area contributed by atoms with Gasteiger partial charge in [0.1, 0.15) is 11.3 Å². The van der Waals surface area contributed by atoms with Crippen LogP contribution in [0.3, 0.4) is 0 Å². The molecular formula is C13H16N2O2S. The number of hydrogen-bond donors (Lipinski definition) is 1. The van der Waals surface area contributed by atoms with E-state index in [9.17, 15) is 4.79 Å². The van der Waals surface area contributed by atoms with E-state index in [0.717, 1.165) is 29.0 Å². The molecule has 5 heteroatoms. The predicted octanol–water partition coefficient (Wildman–Crippen LogP) is 2.75. The summed E-state index contributed by atoms with van der Waals surface area (Å²) in [5.41, 5.74) is 1.71. The normalized spacial score (nSPS) is 20.2. The Labute approximate surface area is 109 Å². The third kappa shape index (κ3) is 1.82. The molecule has 1 aromatic heterocycles. The third-order valence-corrected chi connectivity index (χ3v) is 4.73. The van der Waals surface area contributed by atoms with Crippen molar-refractivity contribution in [2.75, 3.05) is 12.9 Å². The zero-order valence-electron chi connectivity index (χ0n) is 10.3. The highest BCUT2D eigenvalue weighted by molar-refractivity contribution is 7.99. The van der Waals surface area contributed by atoms with E-state index in [2.05, 4.69) is 4.98 Å². The number of hydrogen-bond acceptors (Lipinski definition) is 3. The Morgan fingerprint density at radius 1 is 1.44 bits per heavy atom. The van der Waals surface area contributed by atoms with Gasteiger partial charge in [0, 0.05) is 0 Å². The van der Waals surface area contributed by atoms with Gasteiger partial charge in [-0.1, -0.05) is 6.07 Å². The molecular weight excluding hydrogens is 248 g/mol. The summed E-state index contributed by atoms with van der Waals surface area (Å²) in [5.74, 6) is 1.86. The number of imidazole rings is 1. The lowest BCUT2D eigenvalue weighted by Gasteiger charge is -2.22. The predicted molar refractivity (Wildman–Crippen MR) is 74.5 cm³/mol. The molecule has 4 nitrogen and oxygen atoms in total. The Morgan fingerprint density at radius 2 is 2.33 bits per heavy atom. The number of para-hydroxylation sites is 1. The SMILES string of the molecule is COc1cccc2c1[nH]c(=O)n2C1CCCCS1. The molecule has 96 valence electrons. The van der Waals surface area contributed by atoms with E-state index in [1.165, 1.54) is 12.8 Å². The number of rotatable bonds is 2. The van der Waals surface area contributed by atoms with Crippen LogP contribution >= 0.6 is 11.8 Å². The fourth-order valence-electron chi connectivity index (χ4n) is 2.51. The van der Waals surface area contributed by atoms with Crippen LogP contribution in [0.1, 0.15) is 24.6 Å². The Hall–Kier alpha value is -1.36. The molecule has 1 fully saturated rings. The fourth-order valence-corrected chi connectivity index (χ4v) is 3.84. The number of thioether (sulfide) groups is 1. The lowest BCUT2D eigenvalue weighted by Crippen LogP contribution is -2.22. The number of nitrogens with zero attached hydrogens (tertiary/aromatic N) is 1. The summed E-state index contributed by atoms with van der Waals surface area (Å²) in [4.78, 5) is 15.1. The molecule has 18 heavy (non-hydrogen) atoms. The van der Waals surface area contributed by atoms with Crippen molar-refractivity contribution in [2.24, 2.45) is 0 Å². The number of methoxy groups -OCH3 is 1. The Kier molecular flexibility index (Phi) is 3.07. The maximum Gasteiger partial charge on any atom is 0.327 e. The average molecular weight is 264 g/mol. The maximum absolute atomic E-state index is 12.1. The number of aromatic nitrogens is 2. The van der Waals surface area contributed by atoms with Gasteiger partial charge < -0.3 is 9.72 Å². The second-order valence-electron chi connectivity index (χ2n) is 4.48. The molecule has 0 bridgehead atoms. The van der Waals surface area contributed by atoms with E-state index in [0.29, 0.717) is 0 Å². The van der Waals surface area contributed by atoms with Crippen molar-refractivity contribution in [3.8, 4) is 5.75 Å². The number of H-pyrrole nitrogens is 1. The van der Waals surface area contributed by atoms with Crippen LogP contribution in [0.4, 0.5) is 0 Å². The minimum Gasteiger partial charge on any atom is -0.494 e. The third-order valence-electron chi connectivity index (χ3n) is 3.38. The maximum atomic E-state index is 12.1. The van der Waals surface area contributed by atoms with Crippen LogP contribution in [-0.4, -0.2) is 22.4 Å². The van der Waals surface area contributed by atoms with Crippen LogP contribution in [0.15, 0.2) is 23.0 Å². The highest BCUT2D eigenvalue weighted by Gasteiger charge is 2.21. The van der Waals surface area contributed by atoms with Gasteiger partial charge in [0.15, 0.2) is 0 Å². The molecule has 3 rings (SSSR count). The molecule has 2 heterocycles. The molecule has 1 unspecified atom stereocenters. The summed E-state index contributed by atoms with van der Waals surface area (Å²) in [6.45, 7) is 0. The van der Waals surface area contributed by atoms with Crippen LogP contribution in [0.5, 0.6) is 5.75 Å². The van der Waals surface area contributed by atoms with Crippen LogP contribution < -0.4 is 10.4 Å². The van der Waals surface area contributed by atoms with Crippen LogP contribution in [0.25, 0.3) is 11.0 Å². The van der Waals surface area contributed by atoms with E-state index in [1.807, 2.05) is 34.5 Å². The van der Waals surface area contributed by atoms with Crippen LogP contribution in [0.2, 0.25) is 0 Å². The minimum absolute atomic E-state index is 0.0334. The first kappa shape index (κ1) is 11.7. The van der Waals surface area contributed by atoms with E-state index in [-0.39, 0.29) is 11.1 Å². The van der Waals surface area contributed by atoms with Gasteiger partial charge in [0.2, 0.25) is 0 Å². The van der Waals surface area contributed by atoms with Crippen molar-refractivity contribution in [3.05, 3.63) is 28.7 Å². The standard InChI is InChI=1S/C13H16N2O2S/c1-17-10-6-4-5-9-12(10)14-13(16)15(9)11-7-2-3-8-18-11/h4-6,11H,2-3,7-8H2,1H3,(H,14,16). The van der Waals surface area contributed by atoms with Gasteiger partial charge >= 0.3 is 5.69 Å². The molecule has 1 aliphatic heterocycles. The van der Waals surface area contributed by atoms with Gasteiger partial charge in [-0.3, -0.25) is 4.57 Å². The fraction of sp³-hybridized carbons (Fsp3) is 0.462. The lowest BCUT2D eigenvalue weighted by molar-refractivity contribution is 0.419. The second kappa shape index (κ2) is 4.72. The number of ether oxygens (including phenoxy) is 1. The first-order valence-electron chi connectivity index (χ1n) is 6.20. The molecule has 1 atom stereocenters. The van der Waals surface area contributed by atoms with Crippen molar-refractivity contribution in [1.82, 2.24) is 9.55 Å². The van der Waals surface area contributed by atoms with Gasteiger partial charge in [-0.15, -0.1) is 11.8 Å². The first-order valence-corrected chi connectivity index (χ1v) is 7.25. The Balaban J connectivity index is 2.16. The van der Waals surface area contributed by atoms with Crippen molar-refractivity contribution < 1.29 is 4.74 Å². The number of fused-ring (bicyclic) bond motifs is 1. The first-order chi connectivity index (χ1) is 8.81. The number of aromatic amines is 1. The summed E-state index contributed by atoms with van der Waals surface area (Å²) in [7, 11) is 1.62. The molecule has 1 aliphatic rings. The van der Waals surface area contributed by atoms with Gasteiger partial charge in [-0.05, 0) is 37.1 Å². The highest BCUT2D eigenvalue weighted by atomic mass is 32.2. The van der Waals surface area contributed by atoms with Crippen LogP contribution in [0, 0.1) is 0 Å². The van der Waals surface area contributed by atoms with E-state index in [1.54, 1.807) is 7.11 Å². The molecule has 0 amide bonds. The zero-order valence-corrected chi connectivity index (χ0v) is 11.1. The van der Waals surface area contributed by atoms with E-state index in [4.69, 9.17) is 4.74 Å². The second-order valence-corrected chi connectivity index (χ2v) is 5.76. The average Bonchev–Trinajstić information content (AvgIpc) is 2.75. The minimum atomic E-state index is -0.0334.